The standard InChI is InChI=1S/C7H8O2S/c8-7(9)10-6-4-2-1-3-5-6/h2,4-5H,1,3H2,(H,8,9). The molecule has 0 radical (unpaired) electrons. The number of allylic oxidation sites excluding steroid dienone is 3. The summed E-state index contributed by atoms with van der Waals surface area (Å²) in [7, 11) is 0. The molecule has 0 bridgehead atoms. The SMILES string of the molecule is O=C(O)SC1=CCCC=C1. The van der Waals surface area contributed by atoms with Crippen LogP contribution in [0.4, 0.5) is 4.79 Å². The van der Waals surface area contributed by atoms with Crippen LogP contribution in [0.2, 0.25) is 0 Å². The Bertz CT molecular complexity index is 194. The van der Waals surface area contributed by atoms with Crippen molar-refractivity contribution < 1.29 is 9.90 Å². The van der Waals surface area contributed by atoms with E-state index >= 15 is 0 Å². The van der Waals surface area contributed by atoms with E-state index in [4.69, 9.17) is 5.11 Å². The van der Waals surface area contributed by atoms with Crippen LogP contribution in [0.25, 0.3) is 0 Å². The molecule has 3 heteroatoms. The van der Waals surface area contributed by atoms with Gasteiger partial charge in [0.15, 0.2) is 0 Å². The van der Waals surface area contributed by atoms with Gasteiger partial charge in [0.2, 0.25) is 0 Å². The minimum absolute atomic E-state index is 0.835. The van der Waals surface area contributed by atoms with E-state index in [2.05, 4.69) is 0 Å². The summed E-state index contributed by atoms with van der Waals surface area (Å²) in [6.07, 6.45) is 7.78. The molecule has 1 aliphatic carbocycles. The Morgan fingerprint density at radius 3 is 2.90 bits per heavy atom. The first-order chi connectivity index (χ1) is 4.79. The Kier molecular flexibility index (Phi) is 2.57. The van der Waals surface area contributed by atoms with Crippen molar-refractivity contribution in [3.05, 3.63) is 23.1 Å². The fraction of sp³-hybridized carbons (Fsp3) is 0.286. The molecular formula is C7H8O2S. The minimum Gasteiger partial charge on any atom is -0.473 e. The van der Waals surface area contributed by atoms with E-state index in [1.807, 2.05) is 18.2 Å². The van der Waals surface area contributed by atoms with Gasteiger partial charge in [0, 0.05) is 4.91 Å². The largest absolute Gasteiger partial charge is 0.473 e. The summed E-state index contributed by atoms with van der Waals surface area (Å²) in [6, 6.07) is 0. The van der Waals surface area contributed by atoms with Crippen molar-refractivity contribution in [1.29, 1.82) is 0 Å². The molecule has 0 fully saturated rings. The first-order valence-corrected chi connectivity index (χ1v) is 3.88. The van der Waals surface area contributed by atoms with Gasteiger partial charge in [0.05, 0.1) is 0 Å². The fourth-order valence-electron chi connectivity index (χ4n) is 0.766. The second kappa shape index (κ2) is 3.46. The van der Waals surface area contributed by atoms with Gasteiger partial charge in [0.25, 0.3) is 0 Å². The van der Waals surface area contributed by atoms with Crippen molar-refractivity contribution in [3.63, 3.8) is 0 Å². The zero-order valence-corrected chi connectivity index (χ0v) is 6.23. The summed E-state index contributed by atoms with van der Waals surface area (Å²) in [5.74, 6) is 0. The van der Waals surface area contributed by atoms with Gasteiger partial charge in [-0.25, -0.2) is 4.79 Å². The molecule has 1 rings (SSSR count). The molecule has 1 aliphatic rings. The lowest BCUT2D eigenvalue weighted by Gasteiger charge is -2.01. The third-order valence-electron chi connectivity index (χ3n) is 1.17. The minimum atomic E-state index is -0.835. The molecule has 0 unspecified atom stereocenters. The van der Waals surface area contributed by atoms with E-state index in [1.165, 1.54) is 0 Å². The second-order valence-corrected chi connectivity index (χ2v) is 2.98. The fourth-order valence-corrected chi connectivity index (χ4v) is 1.33. The normalized spacial score (nSPS) is 16.6. The summed E-state index contributed by atoms with van der Waals surface area (Å²) in [4.78, 5) is 11.0. The molecule has 2 nitrogen and oxygen atoms in total. The Balaban J connectivity index is 2.48. The summed E-state index contributed by atoms with van der Waals surface area (Å²) in [5.41, 5.74) is 0. The lowest BCUT2D eigenvalue weighted by Crippen LogP contribution is -1.86. The van der Waals surface area contributed by atoms with Crippen molar-refractivity contribution in [2.75, 3.05) is 0 Å². The predicted octanol–water partition coefficient (Wildman–Crippen LogP) is 2.63. The quantitative estimate of drug-likeness (QED) is 0.634. The van der Waals surface area contributed by atoms with Crippen LogP contribution in [0.15, 0.2) is 23.1 Å². The van der Waals surface area contributed by atoms with Gasteiger partial charge in [-0.3, -0.25) is 0 Å². The second-order valence-electron chi connectivity index (χ2n) is 1.95. The maximum absolute atomic E-state index is 10.2. The summed E-state index contributed by atoms with van der Waals surface area (Å²) >= 11 is 0.866. The molecule has 0 aliphatic heterocycles. The smallest absolute Gasteiger partial charge is 0.369 e. The molecule has 0 aromatic carbocycles. The summed E-state index contributed by atoms with van der Waals surface area (Å²) < 4.78 is 0. The first kappa shape index (κ1) is 7.41. The van der Waals surface area contributed by atoms with Crippen LogP contribution in [-0.2, 0) is 0 Å². The molecule has 0 aromatic rings. The maximum atomic E-state index is 10.2. The Labute approximate surface area is 63.6 Å². The molecular weight excluding hydrogens is 148 g/mol. The van der Waals surface area contributed by atoms with Crippen molar-refractivity contribution in [3.8, 4) is 0 Å². The summed E-state index contributed by atoms with van der Waals surface area (Å²) in [6.45, 7) is 0. The predicted molar refractivity (Wildman–Crippen MR) is 42.1 cm³/mol. The first-order valence-electron chi connectivity index (χ1n) is 3.06. The zero-order valence-electron chi connectivity index (χ0n) is 5.41. The van der Waals surface area contributed by atoms with E-state index in [1.54, 1.807) is 0 Å². The molecule has 1 N–H and O–H groups in total. The third-order valence-corrected chi connectivity index (χ3v) is 1.88. The molecule has 0 heterocycles. The maximum Gasteiger partial charge on any atom is 0.369 e. The van der Waals surface area contributed by atoms with Crippen LogP contribution in [0.5, 0.6) is 0 Å². The third kappa shape index (κ3) is 2.27. The molecule has 0 saturated carbocycles. The van der Waals surface area contributed by atoms with Crippen LogP contribution in [-0.4, -0.2) is 10.4 Å². The zero-order chi connectivity index (χ0) is 7.40. The topological polar surface area (TPSA) is 37.3 Å². The van der Waals surface area contributed by atoms with Crippen LogP contribution in [0.1, 0.15) is 12.8 Å². The van der Waals surface area contributed by atoms with Gasteiger partial charge in [-0.05, 0) is 24.6 Å². The highest BCUT2D eigenvalue weighted by Gasteiger charge is 2.02. The average Bonchev–Trinajstić information content (AvgIpc) is 1.88. The molecule has 0 spiro atoms. The van der Waals surface area contributed by atoms with Crippen molar-refractivity contribution in [1.82, 2.24) is 0 Å². The van der Waals surface area contributed by atoms with Gasteiger partial charge >= 0.3 is 5.30 Å². The molecule has 0 aromatic heterocycles. The highest BCUT2D eigenvalue weighted by molar-refractivity contribution is 8.16. The highest BCUT2D eigenvalue weighted by atomic mass is 32.2. The van der Waals surface area contributed by atoms with E-state index in [0.29, 0.717) is 0 Å². The van der Waals surface area contributed by atoms with Gasteiger partial charge in [-0.1, -0.05) is 18.2 Å². The number of hydrogen-bond acceptors (Lipinski definition) is 2. The van der Waals surface area contributed by atoms with Crippen LogP contribution >= 0.6 is 11.8 Å². The van der Waals surface area contributed by atoms with E-state index in [9.17, 15) is 4.79 Å². The van der Waals surface area contributed by atoms with Crippen molar-refractivity contribution in [2.45, 2.75) is 12.8 Å². The summed E-state index contributed by atoms with van der Waals surface area (Å²) in [5, 5.41) is 7.52. The van der Waals surface area contributed by atoms with E-state index in [0.717, 1.165) is 29.5 Å². The number of carbonyl (C=O) groups is 1. The molecule has 0 atom stereocenters. The van der Waals surface area contributed by atoms with Crippen LogP contribution in [0.3, 0.4) is 0 Å². The molecule has 54 valence electrons. The molecule has 10 heavy (non-hydrogen) atoms. The van der Waals surface area contributed by atoms with Crippen LogP contribution in [0, 0.1) is 0 Å². The number of carboxylic acid groups (broad SMARTS) is 1. The highest BCUT2D eigenvalue weighted by Crippen LogP contribution is 2.21. The van der Waals surface area contributed by atoms with Gasteiger partial charge in [-0.15, -0.1) is 0 Å². The number of hydrogen-bond donors (Lipinski definition) is 1. The Hall–Kier alpha value is -0.700. The van der Waals surface area contributed by atoms with Gasteiger partial charge in [-0.2, -0.15) is 0 Å². The van der Waals surface area contributed by atoms with Crippen molar-refractivity contribution >= 4 is 17.1 Å². The Morgan fingerprint density at radius 1 is 1.60 bits per heavy atom. The van der Waals surface area contributed by atoms with E-state index < -0.39 is 5.30 Å². The lowest BCUT2D eigenvalue weighted by molar-refractivity contribution is 0.222. The average molecular weight is 156 g/mol. The Morgan fingerprint density at radius 2 is 2.40 bits per heavy atom. The van der Waals surface area contributed by atoms with Gasteiger partial charge in [0.1, 0.15) is 0 Å². The number of rotatable bonds is 1. The molecule has 0 saturated heterocycles. The number of thioether (sulfide) groups is 1. The van der Waals surface area contributed by atoms with Crippen LogP contribution < -0.4 is 0 Å². The monoisotopic (exact) mass is 156 g/mol. The van der Waals surface area contributed by atoms with E-state index in [-0.39, 0.29) is 0 Å². The molecule has 0 amide bonds. The van der Waals surface area contributed by atoms with Gasteiger partial charge < -0.3 is 5.11 Å². The van der Waals surface area contributed by atoms with Crippen molar-refractivity contribution in [2.24, 2.45) is 0 Å². The lowest BCUT2D eigenvalue weighted by atomic mass is 10.2.